The van der Waals surface area contributed by atoms with Crippen molar-refractivity contribution < 1.29 is 19.1 Å². The Morgan fingerprint density at radius 1 is 1.35 bits per heavy atom. The second-order valence-corrected chi connectivity index (χ2v) is 9.39. The number of carbonyl (C=O) groups excluding carboxylic acids is 2. The minimum Gasteiger partial charge on any atom is -0.453 e. The second kappa shape index (κ2) is 10.7. The summed E-state index contributed by atoms with van der Waals surface area (Å²) >= 11 is 0. The van der Waals surface area contributed by atoms with Crippen molar-refractivity contribution in [2.45, 2.75) is 70.7 Å². The van der Waals surface area contributed by atoms with E-state index in [0.717, 1.165) is 41.8 Å². The predicted octanol–water partition coefficient (Wildman–Crippen LogP) is 2.34. The summed E-state index contributed by atoms with van der Waals surface area (Å²) in [6.45, 7) is 9.28. The molecule has 2 aromatic rings. The number of ether oxygens (including phenoxy) is 2. The van der Waals surface area contributed by atoms with Gasteiger partial charge in [0.25, 0.3) is 5.91 Å². The Labute approximate surface area is 200 Å². The lowest BCUT2D eigenvalue weighted by Crippen LogP contribution is -2.50. The molecule has 2 aliphatic rings. The number of nitrogens with one attached hydrogen (secondary N) is 2. The van der Waals surface area contributed by atoms with Crippen molar-refractivity contribution in [1.82, 2.24) is 30.1 Å². The van der Waals surface area contributed by atoms with Gasteiger partial charge in [0.1, 0.15) is 11.6 Å². The number of aromatic nitrogens is 3. The van der Waals surface area contributed by atoms with Crippen molar-refractivity contribution in [3.8, 4) is 0 Å². The fourth-order valence-electron chi connectivity index (χ4n) is 4.43. The molecule has 2 fully saturated rings. The summed E-state index contributed by atoms with van der Waals surface area (Å²) in [5.74, 6) is 0.291. The lowest BCUT2D eigenvalue weighted by molar-refractivity contribution is -0.148. The van der Waals surface area contributed by atoms with Gasteiger partial charge in [-0.05, 0) is 32.1 Å². The Kier molecular flexibility index (Phi) is 7.67. The standard InChI is InChI=1S/C24H36N6O4/c1-15(2)19-12-27-21-18(14-29(22(21)28-19)10-5-8-26-24(32)33-4)16(3)30(17-6-7-17)23(31)20-13-25-9-11-34-20/h12,14-17,20,25H,5-11,13H2,1-4H3,(H,26,32)/t16-,20-/m1/s1. The van der Waals surface area contributed by atoms with Crippen LogP contribution in [0.15, 0.2) is 12.4 Å². The molecule has 2 aromatic heterocycles. The van der Waals surface area contributed by atoms with Crippen LogP contribution >= 0.6 is 0 Å². The highest BCUT2D eigenvalue weighted by molar-refractivity contribution is 5.84. The minimum absolute atomic E-state index is 0.0390. The van der Waals surface area contributed by atoms with Gasteiger partial charge in [0.15, 0.2) is 5.65 Å². The summed E-state index contributed by atoms with van der Waals surface area (Å²) in [6.07, 6.45) is 5.76. The molecule has 2 amide bonds. The Morgan fingerprint density at radius 3 is 2.79 bits per heavy atom. The molecule has 0 bridgehead atoms. The van der Waals surface area contributed by atoms with Crippen molar-refractivity contribution in [2.24, 2.45) is 0 Å². The van der Waals surface area contributed by atoms with E-state index < -0.39 is 12.2 Å². The molecule has 186 valence electrons. The predicted molar refractivity (Wildman–Crippen MR) is 128 cm³/mol. The number of methoxy groups -OCH3 is 1. The quantitative estimate of drug-likeness (QED) is 0.539. The number of hydrogen-bond donors (Lipinski definition) is 2. The molecule has 34 heavy (non-hydrogen) atoms. The normalized spacial score (nSPS) is 19.3. The fraction of sp³-hybridized carbons (Fsp3) is 0.667. The van der Waals surface area contributed by atoms with Crippen LogP contribution in [0.1, 0.15) is 63.3 Å². The molecule has 1 saturated carbocycles. The minimum atomic E-state index is -0.451. The van der Waals surface area contributed by atoms with E-state index in [4.69, 9.17) is 14.7 Å². The Balaban J connectivity index is 1.62. The Hall–Kier alpha value is -2.72. The van der Waals surface area contributed by atoms with Gasteiger partial charge < -0.3 is 29.6 Å². The SMILES string of the molecule is COC(=O)NCCCn1cc([C@@H](C)N(C(=O)[C@H]2CNCCO2)C2CC2)c2ncc(C(C)C)nc21. The van der Waals surface area contributed by atoms with Crippen LogP contribution in [0.2, 0.25) is 0 Å². The van der Waals surface area contributed by atoms with Crippen molar-refractivity contribution in [3.05, 3.63) is 23.7 Å². The number of nitrogens with zero attached hydrogens (tertiary/aromatic N) is 4. The summed E-state index contributed by atoms with van der Waals surface area (Å²) in [4.78, 5) is 36.5. The summed E-state index contributed by atoms with van der Waals surface area (Å²) in [5.41, 5.74) is 3.54. The first kappa shape index (κ1) is 24.4. The lowest BCUT2D eigenvalue weighted by atomic mass is 10.1. The molecule has 1 aliphatic heterocycles. The molecule has 0 radical (unpaired) electrons. The van der Waals surface area contributed by atoms with E-state index >= 15 is 0 Å². The first-order valence-corrected chi connectivity index (χ1v) is 12.2. The number of hydrogen-bond acceptors (Lipinski definition) is 7. The van der Waals surface area contributed by atoms with E-state index in [2.05, 4.69) is 46.9 Å². The number of rotatable bonds is 9. The Morgan fingerprint density at radius 2 is 2.15 bits per heavy atom. The van der Waals surface area contributed by atoms with Gasteiger partial charge in [0, 0.05) is 50.2 Å². The van der Waals surface area contributed by atoms with Gasteiger partial charge in [-0.25, -0.2) is 9.78 Å². The van der Waals surface area contributed by atoms with Crippen LogP contribution in [0, 0.1) is 0 Å². The number of alkyl carbamates (subject to hydrolysis) is 1. The highest BCUT2D eigenvalue weighted by Gasteiger charge is 2.40. The van der Waals surface area contributed by atoms with Crippen LogP contribution in [-0.4, -0.2) is 76.9 Å². The van der Waals surface area contributed by atoms with Crippen LogP contribution in [0.3, 0.4) is 0 Å². The molecule has 0 spiro atoms. The van der Waals surface area contributed by atoms with E-state index in [0.29, 0.717) is 32.7 Å². The van der Waals surface area contributed by atoms with Gasteiger partial charge in [0.2, 0.25) is 0 Å². The third-order valence-corrected chi connectivity index (χ3v) is 6.50. The van der Waals surface area contributed by atoms with Gasteiger partial charge in [-0.3, -0.25) is 9.78 Å². The molecule has 0 unspecified atom stereocenters. The van der Waals surface area contributed by atoms with Crippen LogP contribution in [-0.2, 0) is 20.8 Å². The number of carbonyl (C=O) groups is 2. The number of fused-ring (bicyclic) bond motifs is 1. The fourth-order valence-corrected chi connectivity index (χ4v) is 4.43. The van der Waals surface area contributed by atoms with Crippen LogP contribution in [0.5, 0.6) is 0 Å². The van der Waals surface area contributed by atoms with E-state index in [1.807, 2.05) is 11.1 Å². The molecule has 1 aliphatic carbocycles. The van der Waals surface area contributed by atoms with Crippen molar-refractivity contribution in [2.75, 3.05) is 33.4 Å². The number of aryl methyl sites for hydroxylation is 1. The van der Waals surface area contributed by atoms with Crippen molar-refractivity contribution in [1.29, 1.82) is 0 Å². The van der Waals surface area contributed by atoms with Gasteiger partial charge in [0.05, 0.1) is 25.5 Å². The molecular weight excluding hydrogens is 436 g/mol. The maximum Gasteiger partial charge on any atom is 0.406 e. The first-order valence-electron chi connectivity index (χ1n) is 12.2. The third kappa shape index (κ3) is 5.33. The van der Waals surface area contributed by atoms with Gasteiger partial charge in [-0.1, -0.05) is 13.8 Å². The monoisotopic (exact) mass is 472 g/mol. The molecule has 10 heteroatoms. The summed E-state index contributed by atoms with van der Waals surface area (Å²) < 4.78 is 12.5. The van der Waals surface area contributed by atoms with Crippen molar-refractivity contribution >= 4 is 23.2 Å². The van der Waals surface area contributed by atoms with E-state index in [1.165, 1.54) is 7.11 Å². The summed E-state index contributed by atoms with van der Waals surface area (Å²) in [6, 6.07) is 0.0836. The summed E-state index contributed by atoms with van der Waals surface area (Å²) in [7, 11) is 1.35. The molecule has 4 rings (SSSR count). The molecule has 2 atom stereocenters. The molecule has 10 nitrogen and oxygen atoms in total. The largest absolute Gasteiger partial charge is 0.453 e. The van der Waals surface area contributed by atoms with Crippen molar-refractivity contribution in [3.63, 3.8) is 0 Å². The number of morpholine rings is 1. The average Bonchev–Trinajstić information content (AvgIpc) is 3.62. The van der Waals surface area contributed by atoms with Gasteiger partial charge >= 0.3 is 6.09 Å². The zero-order valence-electron chi connectivity index (χ0n) is 20.5. The molecule has 0 aromatic carbocycles. The van der Waals surface area contributed by atoms with E-state index in [9.17, 15) is 9.59 Å². The molecular formula is C24H36N6O4. The van der Waals surface area contributed by atoms with E-state index in [-0.39, 0.29) is 23.9 Å². The highest BCUT2D eigenvalue weighted by atomic mass is 16.5. The highest BCUT2D eigenvalue weighted by Crippen LogP contribution is 2.37. The maximum absolute atomic E-state index is 13.5. The Bertz CT molecular complexity index is 1010. The first-order chi connectivity index (χ1) is 16.4. The topological polar surface area (TPSA) is 111 Å². The lowest BCUT2D eigenvalue weighted by Gasteiger charge is -2.34. The van der Waals surface area contributed by atoms with Gasteiger partial charge in [-0.2, -0.15) is 0 Å². The molecule has 1 saturated heterocycles. The van der Waals surface area contributed by atoms with Crippen LogP contribution in [0.4, 0.5) is 4.79 Å². The zero-order valence-corrected chi connectivity index (χ0v) is 20.5. The summed E-state index contributed by atoms with van der Waals surface area (Å²) in [5, 5.41) is 5.98. The second-order valence-electron chi connectivity index (χ2n) is 9.39. The van der Waals surface area contributed by atoms with E-state index in [1.54, 1.807) is 0 Å². The molecule has 3 heterocycles. The maximum atomic E-state index is 13.5. The number of amides is 2. The molecule has 2 N–H and O–H groups in total. The smallest absolute Gasteiger partial charge is 0.406 e. The zero-order chi connectivity index (χ0) is 24.2. The third-order valence-electron chi connectivity index (χ3n) is 6.50. The van der Waals surface area contributed by atoms with Crippen LogP contribution in [0.25, 0.3) is 11.2 Å². The average molecular weight is 473 g/mol. The van der Waals surface area contributed by atoms with Crippen LogP contribution < -0.4 is 10.6 Å². The van der Waals surface area contributed by atoms with Gasteiger partial charge in [-0.15, -0.1) is 0 Å².